The molecule has 0 unspecified atom stereocenters. The second kappa shape index (κ2) is 7.19. The third-order valence-electron chi connectivity index (χ3n) is 2.04. The standard InChI is InChI=1S/C12H17NO2S/c1-10-4-5-11(16-10)6-7-12(15)13-8-2-3-9-14/h4-7,14H,2-3,8-9H2,1H3,(H,13,15)/b7-6+. The molecule has 1 aromatic heterocycles. The molecule has 0 aromatic carbocycles. The van der Waals surface area contributed by atoms with Gasteiger partial charge in [-0.15, -0.1) is 11.3 Å². The largest absolute Gasteiger partial charge is 0.396 e. The maximum absolute atomic E-state index is 11.3. The van der Waals surface area contributed by atoms with Crippen LogP contribution < -0.4 is 5.32 Å². The second-order valence-corrected chi connectivity index (χ2v) is 4.82. The maximum atomic E-state index is 11.3. The molecule has 1 aromatic rings. The van der Waals surface area contributed by atoms with Crippen molar-refractivity contribution in [1.82, 2.24) is 5.32 Å². The van der Waals surface area contributed by atoms with Crippen molar-refractivity contribution in [3.05, 3.63) is 28.0 Å². The lowest BCUT2D eigenvalue weighted by Crippen LogP contribution is -2.22. The molecule has 0 aliphatic heterocycles. The molecule has 4 heteroatoms. The summed E-state index contributed by atoms with van der Waals surface area (Å²) in [6.45, 7) is 2.84. The Kier molecular flexibility index (Phi) is 5.82. The Morgan fingerprint density at radius 2 is 2.31 bits per heavy atom. The first-order valence-corrected chi connectivity index (χ1v) is 6.17. The number of aliphatic hydroxyl groups is 1. The Morgan fingerprint density at radius 3 is 2.94 bits per heavy atom. The molecule has 16 heavy (non-hydrogen) atoms. The van der Waals surface area contributed by atoms with Gasteiger partial charge in [-0.25, -0.2) is 0 Å². The molecular weight excluding hydrogens is 222 g/mol. The first-order valence-electron chi connectivity index (χ1n) is 5.35. The summed E-state index contributed by atoms with van der Waals surface area (Å²) < 4.78 is 0. The SMILES string of the molecule is Cc1ccc(/C=C/C(=O)NCCCCO)s1. The van der Waals surface area contributed by atoms with Crippen molar-refractivity contribution in [2.45, 2.75) is 19.8 Å². The normalized spacial score (nSPS) is 10.9. The van der Waals surface area contributed by atoms with Gasteiger partial charge in [0.2, 0.25) is 5.91 Å². The van der Waals surface area contributed by atoms with E-state index in [2.05, 4.69) is 5.32 Å². The number of carbonyl (C=O) groups is 1. The molecule has 1 amide bonds. The Balaban J connectivity index is 2.26. The summed E-state index contributed by atoms with van der Waals surface area (Å²) >= 11 is 1.66. The van der Waals surface area contributed by atoms with Crippen LogP contribution in [0.4, 0.5) is 0 Å². The predicted molar refractivity (Wildman–Crippen MR) is 67.4 cm³/mol. The molecule has 0 bridgehead atoms. The first kappa shape index (κ1) is 12.9. The van der Waals surface area contributed by atoms with Crippen LogP contribution >= 0.6 is 11.3 Å². The zero-order chi connectivity index (χ0) is 11.8. The van der Waals surface area contributed by atoms with Crippen molar-refractivity contribution in [3.63, 3.8) is 0 Å². The van der Waals surface area contributed by atoms with Crippen molar-refractivity contribution in [3.8, 4) is 0 Å². The van der Waals surface area contributed by atoms with Crippen LogP contribution in [0.25, 0.3) is 6.08 Å². The van der Waals surface area contributed by atoms with E-state index in [9.17, 15) is 4.79 Å². The summed E-state index contributed by atoms with van der Waals surface area (Å²) in [4.78, 5) is 13.7. The Morgan fingerprint density at radius 1 is 1.50 bits per heavy atom. The van der Waals surface area contributed by atoms with Gasteiger partial charge in [-0.2, -0.15) is 0 Å². The Labute approximate surface area is 99.8 Å². The van der Waals surface area contributed by atoms with Gasteiger partial charge in [0.25, 0.3) is 0 Å². The molecule has 1 rings (SSSR count). The van der Waals surface area contributed by atoms with Gasteiger partial charge < -0.3 is 10.4 Å². The first-order chi connectivity index (χ1) is 7.72. The minimum absolute atomic E-state index is 0.0796. The molecule has 2 N–H and O–H groups in total. The number of amides is 1. The number of hydrogen-bond acceptors (Lipinski definition) is 3. The lowest BCUT2D eigenvalue weighted by Gasteiger charge is -1.99. The monoisotopic (exact) mass is 239 g/mol. The van der Waals surface area contributed by atoms with E-state index >= 15 is 0 Å². The van der Waals surface area contributed by atoms with Crippen LogP contribution in [0.2, 0.25) is 0 Å². The van der Waals surface area contributed by atoms with Crippen LogP contribution in [0.15, 0.2) is 18.2 Å². The average molecular weight is 239 g/mol. The molecule has 0 aliphatic rings. The molecule has 0 atom stereocenters. The fraction of sp³-hybridized carbons (Fsp3) is 0.417. The van der Waals surface area contributed by atoms with Crippen LogP contribution in [0.3, 0.4) is 0 Å². The number of nitrogens with one attached hydrogen (secondary N) is 1. The Bertz CT molecular complexity index is 358. The van der Waals surface area contributed by atoms with Gasteiger partial charge in [-0.1, -0.05) is 0 Å². The quantitative estimate of drug-likeness (QED) is 0.589. The summed E-state index contributed by atoms with van der Waals surface area (Å²) in [7, 11) is 0. The van der Waals surface area contributed by atoms with E-state index in [1.165, 1.54) is 4.88 Å². The predicted octanol–water partition coefficient (Wildman–Crippen LogP) is 1.96. The molecule has 0 saturated heterocycles. The molecule has 0 fully saturated rings. The highest BCUT2D eigenvalue weighted by atomic mass is 32.1. The van der Waals surface area contributed by atoms with E-state index in [1.807, 2.05) is 25.1 Å². The fourth-order valence-corrected chi connectivity index (χ4v) is 1.99. The third kappa shape index (κ3) is 5.09. The van der Waals surface area contributed by atoms with Crippen LogP contribution in [0.1, 0.15) is 22.6 Å². The van der Waals surface area contributed by atoms with E-state index in [0.717, 1.165) is 17.7 Å². The number of unbranched alkanes of at least 4 members (excludes halogenated alkanes) is 1. The number of carbonyl (C=O) groups excluding carboxylic acids is 1. The number of rotatable bonds is 6. The maximum Gasteiger partial charge on any atom is 0.244 e. The van der Waals surface area contributed by atoms with Crippen LogP contribution in [0.5, 0.6) is 0 Å². The summed E-state index contributed by atoms with van der Waals surface area (Å²) in [5.41, 5.74) is 0. The number of hydrogen-bond donors (Lipinski definition) is 2. The minimum Gasteiger partial charge on any atom is -0.396 e. The molecular formula is C12H17NO2S. The minimum atomic E-state index is -0.0796. The smallest absolute Gasteiger partial charge is 0.244 e. The third-order valence-corrected chi connectivity index (χ3v) is 3.01. The number of thiophene rings is 1. The summed E-state index contributed by atoms with van der Waals surface area (Å²) in [5, 5.41) is 11.3. The van der Waals surface area contributed by atoms with Crippen molar-refractivity contribution in [2.75, 3.05) is 13.2 Å². The summed E-state index contributed by atoms with van der Waals surface area (Å²) in [6, 6.07) is 4.03. The number of aliphatic hydroxyl groups excluding tert-OH is 1. The molecule has 0 aliphatic carbocycles. The van der Waals surface area contributed by atoms with Crippen LogP contribution in [0, 0.1) is 6.92 Å². The highest BCUT2D eigenvalue weighted by Crippen LogP contribution is 2.16. The topological polar surface area (TPSA) is 49.3 Å². The Hall–Kier alpha value is -1.13. The molecule has 0 spiro atoms. The van der Waals surface area contributed by atoms with E-state index in [0.29, 0.717) is 6.54 Å². The zero-order valence-electron chi connectivity index (χ0n) is 9.40. The van der Waals surface area contributed by atoms with Gasteiger partial charge >= 0.3 is 0 Å². The lowest BCUT2D eigenvalue weighted by molar-refractivity contribution is -0.116. The highest BCUT2D eigenvalue weighted by molar-refractivity contribution is 7.12. The molecule has 3 nitrogen and oxygen atoms in total. The summed E-state index contributed by atoms with van der Waals surface area (Å²) in [6.07, 6.45) is 4.91. The van der Waals surface area contributed by atoms with Gasteiger partial charge in [0.15, 0.2) is 0 Å². The van der Waals surface area contributed by atoms with E-state index in [1.54, 1.807) is 17.4 Å². The van der Waals surface area contributed by atoms with E-state index < -0.39 is 0 Å². The molecule has 0 radical (unpaired) electrons. The van der Waals surface area contributed by atoms with Crippen molar-refractivity contribution in [1.29, 1.82) is 0 Å². The zero-order valence-corrected chi connectivity index (χ0v) is 10.2. The highest BCUT2D eigenvalue weighted by Gasteiger charge is 1.95. The number of aryl methyl sites for hydroxylation is 1. The van der Waals surface area contributed by atoms with Gasteiger partial charge in [0.1, 0.15) is 0 Å². The molecule has 1 heterocycles. The fourth-order valence-electron chi connectivity index (χ4n) is 1.21. The van der Waals surface area contributed by atoms with E-state index in [-0.39, 0.29) is 12.5 Å². The molecule has 0 saturated carbocycles. The average Bonchev–Trinajstić information content (AvgIpc) is 2.68. The van der Waals surface area contributed by atoms with Crippen LogP contribution in [-0.4, -0.2) is 24.2 Å². The van der Waals surface area contributed by atoms with Crippen molar-refractivity contribution < 1.29 is 9.90 Å². The van der Waals surface area contributed by atoms with E-state index in [4.69, 9.17) is 5.11 Å². The van der Waals surface area contributed by atoms with Crippen molar-refractivity contribution in [2.24, 2.45) is 0 Å². The van der Waals surface area contributed by atoms with Gasteiger partial charge in [-0.05, 0) is 38.0 Å². The summed E-state index contributed by atoms with van der Waals surface area (Å²) in [5.74, 6) is -0.0796. The van der Waals surface area contributed by atoms with Gasteiger partial charge in [0, 0.05) is 29.0 Å². The molecule has 88 valence electrons. The second-order valence-electron chi connectivity index (χ2n) is 3.50. The lowest BCUT2D eigenvalue weighted by atomic mass is 10.3. The van der Waals surface area contributed by atoms with Crippen molar-refractivity contribution >= 4 is 23.3 Å². The van der Waals surface area contributed by atoms with Gasteiger partial charge in [-0.3, -0.25) is 4.79 Å². The van der Waals surface area contributed by atoms with Gasteiger partial charge in [0.05, 0.1) is 0 Å². The van der Waals surface area contributed by atoms with Crippen LogP contribution in [-0.2, 0) is 4.79 Å².